The number of thiazole rings is 1. The number of hydroxylamine groups is 1. The number of fused-ring (bicyclic) bond motifs is 1. The van der Waals surface area contributed by atoms with Crippen molar-refractivity contribution >= 4 is 38.1 Å². The van der Waals surface area contributed by atoms with Crippen molar-refractivity contribution in [2.75, 3.05) is 5.75 Å². The first-order valence-electron chi connectivity index (χ1n) is 8.87. The number of rotatable bonds is 6. The van der Waals surface area contributed by atoms with Crippen LogP contribution in [0.4, 0.5) is 17.6 Å². The molecule has 170 valence electrons. The Morgan fingerprint density at radius 3 is 2.75 bits per heavy atom. The number of alkyl halides is 3. The normalized spacial score (nSPS) is 13.8. The van der Waals surface area contributed by atoms with E-state index in [0.29, 0.717) is 10.6 Å². The van der Waals surface area contributed by atoms with Crippen LogP contribution in [0.3, 0.4) is 0 Å². The Morgan fingerprint density at radius 1 is 1.38 bits per heavy atom. The van der Waals surface area contributed by atoms with E-state index in [-0.39, 0.29) is 26.5 Å². The summed E-state index contributed by atoms with van der Waals surface area (Å²) in [6, 6.07) is 1.90. The van der Waals surface area contributed by atoms with Gasteiger partial charge in [0.1, 0.15) is 27.6 Å². The minimum absolute atomic E-state index is 0.0670. The first-order valence-corrected chi connectivity index (χ1v) is 11.0. The predicted molar refractivity (Wildman–Crippen MR) is 114 cm³/mol. The third-order valence-electron chi connectivity index (χ3n) is 4.21. The fourth-order valence-corrected chi connectivity index (χ4v) is 4.80. The molecule has 0 fully saturated rings. The van der Waals surface area contributed by atoms with Gasteiger partial charge < -0.3 is 10.7 Å². The Bertz CT molecular complexity index is 1310. The average molecular weight is 487 g/mol. The number of hydrogen-bond acceptors (Lipinski definition) is 7. The minimum Gasteiger partial charge on any atom is -0.761 e. The number of hydrogen-bond donors (Lipinski definition) is 1. The number of benzene rings is 1. The molecule has 3 aromatic rings. The van der Waals surface area contributed by atoms with Gasteiger partial charge in [-0.1, -0.05) is 6.08 Å². The summed E-state index contributed by atoms with van der Waals surface area (Å²) in [6.07, 6.45) is 0.529. The molecule has 1 aromatic carbocycles. The second kappa shape index (κ2) is 9.30. The molecule has 3 rings (SSSR count). The summed E-state index contributed by atoms with van der Waals surface area (Å²) in [5.41, 5.74) is 1.35. The summed E-state index contributed by atoms with van der Waals surface area (Å²) in [4.78, 5) is 21.0. The highest BCUT2D eigenvalue weighted by Crippen LogP contribution is 2.27. The third-order valence-corrected chi connectivity index (χ3v) is 6.90. The van der Waals surface area contributed by atoms with Crippen LogP contribution in [-0.4, -0.2) is 30.7 Å². The SMILES string of the molecule is C/C(=C\C=C/N[O-])c1nc2ncn(-c3cc(S(=O)CC(F)(F)F)c(C)cc3F)c(=O)c2s1. The van der Waals surface area contributed by atoms with Crippen LogP contribution in [-0.2, 0) is 10.8 Å². The van der Waals surface area contributed by atoms with Gasteiger partial charge in [0.2, 0.25) is 0 Å². The molecule has 0 amide bonds. The second-order valence-corrected chi connectivity index (χ2v) is 9.01. The molecule has 0 aliphatic carbocycles. The fraction of sp³-hybridized carbons (Fsp3) is 0.211. The van der Waals surface area contributed by atoms with E-state index in [1.807, 2.05) is 0 Å². The molecule has 13 heteroatoms. The largest absolute Gasteiger partial charge is 0.761 e. The second-order valence-electron chi connectivity index (χ2n) is 6.59. The van der Waals surface area contributed by atoms with Gasteiger partial charge in [0.15, 0.2) is 5.65 Å². The van der Waals surface area contributed by atoms with Gasteiger partial charge in [-0.3, -0.25) is 13.6 Å². The highest BCUT2D eigenvalue weighted by atomic mass is 32.2. The van der Waals surface area contributed by atoms with Crippen LogP contribution in [0.25, 0.3) is 21.6 Å². The van der Waals surface area contributed by atoms with E-state index in [4.69, 9.17) is 0 Å². The molecule has 0 radical (unpaired) electrons. The molecule has 0 aliphatic heterocycles. The van der Waals surface area contributed by atoms with Gasteiger partial charge in [0.25, 0.3) is 5.56 Å². The van der Waals surface area contributed by atoms with Crippen molar-refractivity contribution in [3.8, 4) is 5.69 Å². The van der Waals surface area contributed by atoms with Crippen LogP contribution in [0.15, 0.2) is 46.5 Å². The highest BCUT2D eigenvalue weighted by Gasteiger charge is 2.32. The molecule has 1 N–H and O–H groups in total. The molecule has 7 nitrogen and oxygen atoms in total. The summed E-state index contributed by atoms with van der Waals surface area (Å²) in [6.45, 7) is 3.04. The van der Waals surface area contributed by atoms with Crippen LogP contribution in [0.1, 0.15) is 17.5 Å². The van der Waals surface area contributed by atoms with Crippen molar-refractivity contribution in [2.45, 2.75) is 24.9 Å². The molecule has 1 atom stereocenters. The lowest BCUT2D eigenvalue weighted by molar-refractivity contribution is -0.105. The zero-order valence-corrected chi connectivity index (χ0v) is 18.2. The first-order chi connectivity index (χ1) is 15.0. The number of nitrogens with one attached hydrogen (secondary N) is 1. The van der Waals surface area contributed by atoms with Crippen molar-refractivity contribution in [3.05, 3.63) is 68.8 Å². The van der Waals surface area contributed by atoms with E-state index < -0.39 is 34.1 Å². The Balaban J connectivity index is 2.10. The highest BCUT2D eigenvalue weighted by molar-refractivity contribution is 7.85. The summed E-state index contributed by atoms with van der Waals surface area (Å²) < 4.78 is 65.7. The number of nitrogens with zero attached hydrogens (tertiary/aromatic N) is 3. The summed E-state index contributed by atoms with van der Waals surface area (Å²) >= 11 is 0.987. The average Bonchev–Trinajstić information content (AvgIpc) is 3.13. The molecule has 2 heterocycles. The topological polar surface area (TPSA) is 99.9 Å². The first kappa shape index (κ1) is 23.8. The lowest BCUT2D eigenvalue weighted by atomic mass is 10.2. The Hall–Kier alpha value is -2.90. The van der Waals surface area contributed by atoms with E-state index in [9.17, 15) is 31.8 Å². The monoisotopic (exact) mass is 487 g/mol. The zero-order valence-electron chi connectivity index (χ0n) is 16.6. The molecule has 0 aliphatic rings. The number of halogens is 4. The minimum atomic E-state index is -4.67. The molecule has 2 aromatic heterocycles. The van der Waals surface area contributed by atoms with Gasteiger partial charge in [-0.05, 0) is 49.4 Å². The Labute approximate surface area is 185 Å². The lowest BCUT2D eigenvalue weighted by Crippen LogP contribution is -2.21. The van der Waals surface area contributed by atoms with Crippen LogP contribution in [0, 0.1) is 17.9 Å². The van der Waals surface area contributed by atoms with Gasteiger partial charge in [-0.15, -0.1) is 11.3 Å². The molecule has 0 saturated heterocycles. The maximum atomic E-state index is 14.6. The molecule has 0 saturated carbocycles. The van der Waals surface area contributed by atoms with E-state index in [1.54, 1.807) is 18.5 Å². The zero-order chi connectivity index (χ0) is 23.6. The van der Waals surface area contributed by atoms with Crippen molar-refractivity contribution < 1.29 is 21.8 Å². The van der Waals surface area contributed by atoms with Gasteiger partial charge in [0, 0.05) is 4.90 Å². The summed E-state index contributed by atoms with van der Waals surface area (Å²) in [5, 5.41) is 10.7. The van der Waals surface area contributed by atoms with E-state index in [2.05, 4.69) is 9.97 Å². The fourth-order valence-electron chi connectivity index (χ4n) is 2.75. The molecule has 0 spiro atoms. The van der Waals surface area contributed by atoms with Gasteiger partial charge in [0.05, 0.1) is 16.5 Å². The van der Waals surface area contributed by atoms with Crippen LogP contribution >= 0.6 is 11.3 Å². The van der Waals surface area contributed by atoms with Gasteiger partial charge >= 0.3 is 6.18 Å². The van der Waals surface area contributed by atoms with Crippen LogP contribution < -0.4 is 11.0 Å². The van der Waals surface area contributed by atoms with Crippen molar-refractivity contribution in [1.82, 2.24) is 20.0 Å². The molecule has 1 unspecified atom stereocenters. The molecule has 0 bridgehead atoms. The maximum absolute atomic E-state index is 14.6. The van der Waals surface area contributed by atoms with Crippen LogP contribution in [0.5, 0.6) is 0 Å². The maximum Gasteiger partial charge on any atom is 0.400 e. The smallest absolute Gasteiger partial charge is 0.400 e. The number of aryl methyl sites for hydroxylation is 1. The van der Waals surface area contributed by atoms with E-state index >= 15 is 0 Å². The van der Waals surface area contributed by atoms with E-state index in [0.717, 1.165) is 40.6 Å². The summed E-state index contributed by atoms with van der Waals surface area (Å²) in [7, 11) is -2.48. The predicted octanol–water partition coefficient (Wildman–Crippen LogP) is 3.96. The van der Waals surface area contributed by atoms with Crippen molar-refractivity contribution in [1.29, 1.82) is 0 Å². The van der Waals surface area contributed by atoms with Crippen molar-refractivity contribution in [3.63, 3.8) is 0 Å². The number of aromatic nitrogens is 3. The molecular formula is C19H15F4N4O3S2-. The number of allylic oxidation sites excluding steroid dienone is 3. The van der Waals surface area contributed by atoms with E-state index in [1.165, 1.54) is 13.0 Å². The standard InChI is InChI=1S/C19H15F4N4O3S2/c1-10(4-3-5-25-29)17-26-16-15(31-17)18(28)27(9-24-16)13-7-14(11(2)6-12(13)20)32(30)8-19(21,22)23/h3-7,9,25H,8H2,1-2H3/q-1/b5-3-,10-4+. The van der Waals surface area contributed by atoms with Gasteiger partial charge in [-0.2, -0.15) is 13.2 Å². The van der Waals surface area contributed by atoms with Crippen LogP contribution in [0.2, 0.25) is 0 Å². The summed E-state index contributed by atoms with van der Waals surface area (Å²) in [5.74, 6) is -2.47. The lowest BCUT2D eigenvalue weighted by Gasteiger charge is -2.12. The van der Waals surface area contributed by atoms with Crippen molar-refractivity contribution in [2.24, 2.45) is 0 Å². The molecule has 32 heavy (non-hydrogen) atoms. The Kier molecular flexibility index (Phi) is 6.91. The third kappa shape index (κ3) is 5.11. The molecular weight excluding hydrogens is 472 g/mol. The quantitative estimate of drug-likeness (QED) is 0.321. The Morgan fingerprint density at radius 2 is 2.09 bits per heavy atom. The van der Waals surface area contributed by atoms with Gasteiger partial charge in [-0.25, -0.2) is 14.4 Å².